The van der Waals surface area contributed by atoms with Gasteiger partial charge in [-0.05, 0) is 48.2 Å². The third-order valence-electron chi connectivity index (χ3n) is 7.71. The van der Waals surface area contributed by atoms with Gasteiger partial charge in [-0.1, -0.05) is 71.9 Å². The first-order chi connectivity index (χ1) is 13.6. The molecule has 1 saturated heterocycles. The molecule has 0 radical (unpaired) electrons. The molecule has 1 aliphatic heterocycles. The standard InChI is InChI=1S/C25H47NO2Si2/c1-24(2,3)29(7,8)27-20-22-19-26(18-21-14-12-11-13-15-21)17-16-23(22)28-30(9,10)25(4,5)6/h11-15,22-23H,16-20H2,1-10H3. The fraction of sp³-hybridized carbons (Fsp3) is 0.760. The third-order valence-corrected chi connectivity index (χ3v) is 16.7. The van der Waals surface area contributed by atoms with Crippen molar-refractivity contribution in [1.29, 1.82) is 0 Å². The molecule has 1 aromatic carbocycles. The van der Waals surface area contributed by atoms with Crippen LogP contribution in [-0.2, 0) is 15.4 Å². The maximum atomic E-state index is 6.95. The maximum absolute atomic E-state index is 6.95. The lowest BCUT2D eigenvalue weighted by Crippen LogP contribution is -2.53. The van der Waals surface area contributed by atoms with Crippen LogP contribution < -0.4 is 0 Å². The molecule has 1 aromatic rings. The van der Waals surface area contributed by atoms with Gasteiger partial charge in [0.25, 0.3) is 0 Å². The summed E-state index contributed by atoms with van der Waals surface area (Å²) >= 11 is 0. The topological polar surface area (TPSA) is 21.7 Å². The molecule has 1 heterocycles. The number of nitrogens with zero attached hydrogens (tertiary/aromatic N) is 1. The summed E-state index contributed by atoms with van der Waals surface area (Å²) < 4.78 is 13.7. The summed E-state index contributed by atoms with van der Waals surface area (Å²) in [5, 5.41) is 0.472. The molecule has 0 aliphatic carbocycles. The molecule has 1 aliphatic rings. The first kappa shape index (κ1) is 25.8. The number of hydrogen-bond donors (Lipinski definition) is 0. The van der Waals surface area contributed by atoms with Crippen LogP contribution >= 0.6 is 0 Å². The lowest BCUT2D eigenvalue weighted by Gasteiger charge is -2.46. The minimum atomic E-state index is -1.80. The molecule has 30 heavy (non-hydrogen) atoms. The lowest BCUT2D eigenvalue weighted by atomic mass is 9.95. The number of piperidine rings is 1. The summed E-state index contributed by atoms with van der Waals surface area (Å²) in [6, 6.07) is 10.8. The van der Waals surface area contributed by atoms with Crippen molar-refractivity contribution >= 4 is 16.6 Å². The van der Waals surface area contributed by atoms with Crippen molar-refractivity contribution in [2.45, 2.75) is 96.9 Å². The van der Waals surface area contributed by atoms with E-state index in [1.54, 1.807) is 0 Å². The third kappa shape index (κ3) is 6.76. The summed E-state index contributed by atoms with van der Waals surface area (Å²) in [5.74, 6) is 0.436. The SMILES string of the molecule is CC(C)(C)[Si](C)(C)OCC1CN(Cc2ccccc2)CCC1O[Si](C)(C)C(C)(C)C. The summed E-state index contributed by atoms with van der Waals surface area (Å²) in [6.45, 7) is 27.5. The van der Waals surface area contributed by atoms with Gasteiger partial charge >= 0.3 is 0 Å². The van der Waals surface area contributed by atoms with Crippen molar-refractivity contribution in [3.05, 3.63) is 35.9 Å². The Morgan fingerprint density at radius 2 is 1.47 bits per heavy atom. The average molecular weight is 450 g/mol. The molecular weight excluding hydrogens is 402 g/mol. The van der Waals surface area contributed by atoms with Crippen molar-refractivity contribution in [3.8, 4) is 0 Å². The van der Waals surface area contributed by atoms with Gasteiger partial charge in [-0.3, -0.25) is 4.90 Å². The Morgan fingerprint density at radius 3 is 2.00 bits per heavy atom. The van der Waals surface area contributed by atoms with Gasteiger partial charge in [0.2, 0.25) is 0 Å². The first-order valence-corrected chi connectivity index (χ1v) is 17.5. The molecule has 2 atom stereocenters. The molecule has 2 rings (SSSR count). The average Bonchev–Trinajstić information content (AvgIpc) is 2.60. The van der Waals surface area contributed by atoms with Crippen LogP contribution in [0.3, 0.4) is 0 Å². The van der Waals surface area contributed by atoms with E-state index < -0.39 is 16.6 Å². The van der Waals surface area contributed by atoms with Crippen LogP contribution in [0.15, 0.2) is 30.3 Å². The van der Waals surface area contributed by atoms with Crippen LogP contribution in [0.2, 0.25) is 36.3 Å². The van der Waals surface area contributed by atoms with Gasteiger partial charge in [0.05, 0.1) is 6.10 Å². The van der Waals surface area contributed by atoms with E-state index in [1.165, 1.54) is 5.56 Å². The zero-order valence-electron chi connectivity index (χ0n) is 21.3. The zero-order valence-corrected chi connectivity index (χ0v) is 23.3. The molecule has 1 fully saturated rings. The van der Waals surface area contributed by atoms with E-state index in [1.807, 2.05) is 0 Å². The maximum Gasteiger partial charge on any atom is 0.192 e. The van der Waals surface area contributed by atoms with Crippen LogP contribution in [0.5, 0.6) is 0 Å². The Labute approximate surface area is 188 Å². The van der Waals surface area contributed by atoms with Gasteiger partial charge in [-0.2, -0.15) is 0 Å². The Hall–Kier alpha value is -0.466. The summed E-state index contributed by atoms with van der Waals surface area (Å²) in [5.41, 5.74) is 1.39. The fourth-order valence-corrected chi connectivity index (χ4v) is 5.96. The summed E-state index contributed by atoms with van der Waals surface area (Å²) in [4.78, 5) is 2.60. The highest BCUT2D eigenvalue weighted by Gasteiger charge is 2.43. The highest BCUT2D eigenvalue weighted by molar-refractivity contribution is 6.74. The van der Waals surface area contributed by atoms with Gasteiger partial charge in [-0.25, -0.2) is 0 Å². The number of benzene rings is 1. The highest BCUT2D eigenvalue weighted by Crippen LogP contribution is 2.40. The Bertz CT molecular complexity index is 662. The van der Waals surface area contributed by atoms with Gasteiger partial charge < -0.3 is 8.85 Å². The normalized spacial score (nSPS) is 22.3. The minimum absolute atomic E-state index is 0.235. The molecule has 0 bridgehead atoms. The van der Waals surface area contributed by atoms with E-state index >= 15 is 0 Å². The van der Waals surface area contributed by atoms with Gasteiger partial charge in [0.1, 0.15) is 0 Å². The summed E-state index contributed by atoms with van der Waals surface area (Å²) in [6.07, 6.45) is 1.41. The largest absolute Gasteiger partial charge is 0.416 e. The fourth-order valence-electron chi connectivity index (χ4n) is 3.47. The Balaban J connectivity index is 2.13. The number of rotatable bonds is 7. The molecule has 0 N–H and O–H groups in total. The molecular formula is C25H47NO2Si2. The number of likely N-dealkylation sites (tertiary alicyclic amines) is 1. The quantitative estimate of drug-likeness (QED) is 0.422. The molecule has 2 unspecified atom stereocenters. The minimum Gasteiger partial charge on any atom is -0.416 e. The Kier molecular flexibility index (Phi) is 8.23. The van der Waals surface area contributed by atoms with Crippen molar-refractivity contribution in [3.63, 3.8) is 0 Å². The second-order valence-corrected chi connectivity index (χ2v) is 21.8. The molecule has 172 valence electrons. The summed E-state index contributed by atoms with van der Waals surface area (Å²) in [7, 11) is -3.58. The van der Waals surface area contributed by atoms with Gasteiger partial charge in [-0.15, -0.1) is 0 Å². The monoisotopic (exact) mass is 449 g/mol. The van der Waals surface area contributed by atoms with Crippen molar-refractivity contribution in [2.75, 3.05) is 19.7 Å². The van der Waals surface area contributed by atoms with E-state index in [2.05, 4.69) is 103 Å². The predicted molar refractivity (Wildman–Crippen MR) is 135 cm³/mol. The molecule has 3 nitrogen and oxygen atoms in total. The molecule has 0 amide bonds. The second kappa shape index (κ2) is 9.57. The van der Waals surface area contributed by atoms with E-state index in [0.717, 1.165) is 32.7 Å². The van der Waals surface area contributed by atoms with Gasteiger partial charge in [0.15, 0.2) is 16.6 Å². The molecule has 5 heteroatoms. The smallest absolute Gasteiger partial charge is 0.192 e. The van der Waals surface area contributed by atoms with Gasteiger partial charge in [0, 0.05) is 32.2 Å². The van der Waals surface area contributed by atoms with E-state index in [4.69, 9.17) is 8.85 Å². The highest BCUT2D eigenvalue weighted by atomic mass is 28.4. The number of hydrogen-bond acceptors (Lipinski definition) is 3. The van der Waals surface area contributed by atoms with Crippen LogP contribution in [-0.4, -0.2) is 47.3 Å². The van der Waals surface area contributed by atoms with Crippen molar-refractivity contribution in [1.82, 2.24) is 4.90 Å². The van der Waals surface area contributed by atoms with E-state index in [-0.39, 0.29) is 10.1 Å². The lowest BCUT2D eigenvalue weighted by molar-refractivity contribution is 0.00758. The van der Waals surface area contributed by atoms with Crippen molar-refractivity contribution in [2.24, 2.45) is 5.92 Å². The first-order valence-electron chi connectivity index (χ1n) is 11.7. The van der Waals surface area contributed by atoms with Crippen LogP contribution in [0.1, 0.15) is 53.5 Å². The van der Waals surface area contributed by atoms with E-state index in [0.29, 0.717) is 12.0 Å². The van der Waals surface area contributed by atoms with Crippen LogP contribution in [0.4, 0.5) is 0 Å². The van der Waals surface area contributed by atoms with E-state index in [9.17, 15) is 0 Å². The van der Waals surface area contributed by atoms with Crippen molar-refractivity contribution < 1.29 is 8.85 Å². The molecule has 0 spiro atoms. The zero-order chi connectivity index (χ0) is 22.8. The second-order valence-electron chi connectivity index (χ2n) is 12.3. The molecule has 0 saturated carbocycles. The molecule has 0 aromatic heterocycles. The van der Waals surface area contributed by atoms with Crippen LogP contribution in [0.25, 0.3) is 0 Å². The van der Waals surface area contributed by atoms with Crippen LogP contribution in [0, 0.1) is 5.92 Å². The Morgan fingerprint density at radius 1 is 0.900 bits per heavy atom. The predicted octanol–water partition coefficient (Wildman–Crippen LogP) is 6.92.